The number of aryl methyl sites for hydroxylation is 1. The first-order valence-corrected chi connectivity index (χ1v) is 9.43. The number of hydrogen-bond acceptors (Lipinski definition) is 6. The Bertz CT molecular complexity index is 1180. The van der Waals surface area contributed by atoms with Crippen LogP contribution in [0.3, 0.4) is 0 Å². The molecule has 1 aliphatic carbocycles. The first kappa shape index (κ1) is 17.0. The van der Waals surface area contributed by atoms with Crippen LogP contribution in [0.15, 0.2) is 30.5 Å². The second-order valence-electron chi connectivity index (χ2n) is 8.30. The van der Waals surface area contributed by atoms with Crippen LogP contribution in [-0.4, -0.2) is 42.7 Å². The first-order valence-electron chi connectivity index (χ1n) is 9.43. The van der Waals surface area contributed by atoms with Crippen molar-refractivity contribution in [2.45, 2.75) is 32.7 Å². The van der Waals surface area contributed by atoms with Crippen LogP contribution >= 0.6 is 0 Å². The maximum atomic E-state index is 5.62. The van der Waals surface area contributed by atoms with Gasteiger partial charge in [-0.05, 0) is 42.0 Å². The smallest absolute Gasteiger partial charge is 0.244 e. The SMILES string of the molecule is COc1nc(NC2CC(C)(C)C2)nn2ccc(-c3ccc4nnn(C)c4c3)c12. The summed E-state index contributed by atoms with van der Waals surface area (Å²) in [6.45, 7) is 4.56. The Morgan fingerprint density at radius 2 is 2.04 bits per heavy atom. The lowest BCUT2D eigenvalue weighted by atomic mass is 9.68. The van der Waals surface area contributed by atoms with Gasteiger partial charge >= 0.3 is 0 Å². The third-order valence-corrected chi connectivity index (χ3v) is 5.53. The van der Waals surface area contributed by atoms with Crippen LogP contribution in [0.25, 0.3) is 27.7 Å². The molecule has 0 bridgehead atoms. The van der Waals surface area contributed by atoms with Gasteiger partial charge in [-0.2, -0.15) is 4.98 Å². The maximum Gasteiger partial charge on any atom is 0.244 e. The number of aromatic nitrogens is 6. The minimum atomic E-state index is 0.395. The van der Waals surface area contributed by atoms with Gasteiger partial charge in [0.05, 0.1) is 12.6 Å². The molecule has 1 N–H and O–H groups in total. The van der Waals surface area contributed by atoms with Gasteiger partial charge in [0.1, 0.15) is 11.0 Å². The van der Waals surface area contributed by atoms with Gasteiger partial charge in [0.25, 0.3) is 0 Å². The van der Waals surface area contributed by atoms with Crippen molar-refractivity contribution in [2.24, 2.45) is 12.5 Å². The largest absolute Gasteiger partial charge is 0.479 e. The zero-order valence-corrected chi connectivity index (χ0v) is 16.5. The topological polar surface area (TPSA) is 82.2 Å². The van der Waals surface area contributed by atoms with E-state index in [1.165, 1.54) is 0 Å². The number of ether oxygens (including phenoxy) is 1. The Morgan fingerprint density at radius 3 is 2.79 bits per heavy atom. The number of hydrogen-bond donors (Lipinski definition) is 1. The molecule has 0 amide bonds. The molecule has 5 rings (SSSR count). The molecule has 0 saturated heterocycles. The molecule has 1 saturated carbocycles. The number of benzene rings is 1. The first-order chi connectivity index (χ1) is 13.4. The van der Waals surface area contributed by atoms with Crippen LogP contribution in [-0.2, 0) is 7.05 Å². The molecule has 3 heterocycles. The summed E-state index contributed by atoms with van der Waals surface area (Å²) in [7, 11) is 3.53. The predicted molar refractivity (Wildman–Crippen MR) is 107 cm³/mol. The Labute approximate surface area is 162 Å². The van der Waals surface area contributed by atoms with Gasteiger partial charge < -0.3 is 10.1 Å². The molecule has 8 nitrogen and oxygen atoms in total. The highest BCUT2D eigenvalue weighted by molar-refractivity contribution is 5.89. The van der Waals surface area contributed by atoms with E-state index in [0.717, 1.165) is 40.5 Å². The number of anilines is 1. The van der Waals surface area contributed by atoms with E-state index in [0.29, 0.717) is 23.3 Å². The lowest BCUT2D eigenvalue weighted by molar-refractivity contribution is 0.166. The molecule has 28 heavy (non-hydrogen) atoms. The van der Waals surface area contributed by atoms with Crippen molar-refractivity contribution in [1.82, 2.24) is 29.6 Å². The van der Waals surface area contributed by atoms with E-state index in [9.17, 15) is 0 Å². The number of methoxy groups -OCH3 is 1. The van der Waals surface area contributed by atoms with Crippen molar-refractivity contribution in [1.29, 1.82) is 0 Å². The van der Waals surface area contributed by atoms with Gasteiger partial charge in [-0.3, -0.25) is 0 Å². The fourth-order valence-electron chi connectivity index (χ4n) is 4.19. The van der Waals surface area contributed by atoms with Gasteiger partial charge in [-0.1, -0.05) is 25.1 Å². The molecule has 0 radical (unpaired) electrons. The number of nitrogens with zero attached hydrogens (tertiary/aromatic N) is 6. The zero-order valence-electron chi connectivity index (χ0n) is 16.5. The third-order valence-electron chi connectivity index (χ3n) is 5.53. The van der Waals surface area contributed by atoms with E-state index in [1.54, 1.807) is 11.8 Å². The van der Waals surface area contributed by atoms with Crippen LogP contribution in [0.2, 0.25) is 0 Å². The number of rotatable bonds is 4. The van der Waals surface area contributed by atoms with Crippen molar-refractivity contribution in [3.63, 3.8) is 0 Å². The highest BCUT2D eigenvalue weighted by Gasteiger charge is 2.36. The van der Waals surface area contributed by atoms with Gasteiger partial charge in [-0.15, -0.1) is 10.2 Å². The standard InChI is InChI=1S/C20H23N7O/c1-20(2)10-13(11-20)21-19-22-18(28-4)17-14(7-8-27(17)24-19)12-5-6-15-16(9-12)26(3)25-23-15/h5-9,13H,10-11H2,1-4H3,(H,21,24). The molecule has 3 aromatic heterocycles. The second-order valence-corrected chi connectivity index (χ2v) is 8.30. The molecular weight excluding hydrogens is 354 g/mol. The quantitative estimate of drug-likeness (QED) is 0.588. The molecule has 8 heteroatoms. The fraction of sp³-hybridized carbons (Fsp3) is 0.400. The van der Waals surface area contributed by atoms with Crippen LogP contribution < -0.4 is 10.1 Å². The average molecular weight is 377 g/mol. The molecule has 0 aliphatic heterocycles. The molecule has 0 spiro atoms. The minimum Gasteiger partial charge on any atom is -0.479 e. The summed E-state index contributed by atoms with van der Waals surface area (Å²) in [5, 5.41) is 16.3. The predicted octanol–water partition coefficient (Wildman–Crippen LogP) is 3.29. The van der Waals surface area contributed by atoms with Crippen molar-refractivity contribution >= 4 is 22.5 Å². The zero-order chi connectivity index (χ0) is 19.5. The summed E-state index contributed by atoms with van der Waals surface area (Å²) in [5.41, 5.74) is 5.14. The normalized spacial score (nSPS) is 16.4. The van der Waals surface area contributed by atoms with E-state index < -0.39 is 0 Å². The van der Waals surface area contributed by atoms with Crippen molar-refractivity contribution in [2.75, 3.05) is 12.4 Å². The molecule has 4 aromatic rings. The summed E-state index contributed by atoms with van der Waals surface area (Å²) in [4.78, 5) is 4.62. The Kier molecular flexibility index (Phi) is 3.59. The fourth-order valence-corrected chi connectivity index (χ4v) is 4.19. The van der Waals surface area contributed by atoms with Crippen molar-refractivity contribution < 1.29 is 4.74 Å². The Morgan fingerprint density at radius 1 is 1.21 bits per heavy atom. The second kappa shape index (κ2) is 5.92. The van der Waals surface area contributed by atoms with Gasteiger partial charge in [-0.25, -0.2) is 9.20 Å². The minimum absolute atomic E-state index is 0.395. The molecule has 0 unspecified atom stereocenters. The third kappa shape index (κ3) is 2.67. The van der Waals surface area contributed by atoms with Crippen molar-refractivity contribution in [3.05, 3.63) is 30.5 Å². The lowest BCUT2D eigenvalue weighted by Gasteiger charge is -2.42. The lowest BCUT2D eigenvalue weighted by Crippen LogP contribution is -2.41. The maximum absolute atomic E-state index is 5.62. The van der Waals surface area contributed by atoms with E-state index in [1.807, 2.05) is 36.0 Å². The van der Waals surface area contributed by atoms with Crippen LogP contribution in [0, 0.1) is 5.41 Å². The molecular formula is C20H23N7O. The van der Waals surface area contributed by atoms with Gasteiger partial charge in [0.2, 0.25) is 11.8 Å². The summed E-state index contributed by atoms with van der Waals surface area (Å²) in [5.74, 6) is 1.15. The van der Waals surface area contributed by atoms with Crippen molar-refractivity contribution in [3.8, 4) is 17.0 Å². The molecule has 1 fully saturated rings. The Hall–Kier alpha value is -3.16. The van der Waals surface area contributed by atoms with E-state index in [2.05, 4.69) is 45.6 Å². The highest BCUT2D eigenvalue weighted by atomic mass is 16.5. The van der Waals surface area contributed by atoms with Crippen LogP contribution in [0.5, 0.6) is 5.88 Å². The summed E-state index contributed by atoms with van der Waals surface area (Å²) in [6.07, 6.45) is 4.18. The summed E-state index contributed by atoms with van der Waals surface area (Å²) >= 11 is 0. The van der Waals surface area contributed by atoms with Gasteiger partial charge in [0, 0.05) is 24.8 Å². The summed E-state index contributed by atoms with van der Waals surface area (Å²) < 4.78 is 9.22. The van der Waals surface area contributed by atoms with Crippen LogP contribution in [0.1, 0.15) is 26.7 Å². The highest BCUT2D eigenvalue weighted by Crippen LogP contribution is 2.41. The number of fused-ring (bicyclic) bond motifs is 2. The van der Waals surface area contributed by atoms with E-state index >= 15 is 0 Å². The monoisotopic (exact) mass is 377 g/mol. The molecule has 0 atom stereocenters. The number of nitrogens with one attached hydrogen (secondary N) is 1. The molecule has 1 aliphatic rings. The average Bonchev–Trinajstić information content (AvgIpc) is 3.23. The molecule has 1 aromatic carbocycles. The molecule has 144 valence electrons. The van der Waals surface area contributed by atoms with Crippen LogP contribution in [0.4, 0.5) is 5.95 Å². The van der Waals surface area contributed by atoms with Gasteiger partial charge in [0.15, 0.2) is 0 Å². The Balaban J connectivity index is 1.56. The van der Waals surface area contributed by atoms with E-state index in [4.69, 9.17) is 4.74 Å². The summed E-state index contributed by atoms with van der Waals surface area (Å²) in [6, 6.07) is 8.53. The van der Waals surface area contributed by atoms with E-state index in [-0.39, 0.29) is 0 Å².